The van der Waals surface area contributed by atoms with E-state index in [9.17, 15) is 31.3 Å². The molecule has 49 heavy (non-hydrogen) atoms. The van der Waals surface area contributed by atoms with Crippen LogP contribution in [0.15, 0.2) is 30.0 Å². The van der Waals surface area contributed by atoms with Gasteiger partial charge in [-0.1, -0.05) is 0 Å². The lowest BCUT2D eigenvalue weighted by molar-refractivity contribution is -0.195. The van der Waals surface area contributed by atoms with E-state index in [1.807, 2.05) is 0 Å². The van der Waals surface area contributed by atoms with Gasteiger partial charge in [0.2, 0.25) is 0 Å². The number of imidazole rings is 2. The van der Waals surface area contributed by atoms with Gasteiger partial charge < -0.3 is 28.6 Å². The summed E-state index contributed by atoms with van der Waals surface area (Å²) in [7, 11) is -4.96. The Morgan fingerprint density at radius 2 is 1.86 bits per heavy atom. The third-order valence-electron chi connectivity index (χ3n) is 7.69. The first kappa shape index (κ1) is 34.4. The van der Waals surface area contributed by atoms with Crippen LogP contribution in [0, 0.1) is 6.92 Å². The molecule has 9 atom stereocenters. The lowest BCUT2D eigenvalue weighted by Crippen LogP contribution is -2.45. The molecule has 3 N–H and O–H groups in total. The first-order chi connectivity index (χ1) is 23.1. The smallest absolute Gasteiger partial charge is 0.363 e. The van der Waals surface area contributed by atoms with Gasteiger partial charge in [0.1, 0.15) is 48.7 Å². The van der Waals surface area contributed by atoms with Crippen molar-refractivity contribution in [2.24, 2.45) is 0 Å². The zero-order valence-corrected chi connectivity index (χ0v) is 27.1. The number of aromatic amines is 1. The fraction of sp³-hybridized carbons (Fsp3) is 0.565. The Balaban J connectivity index is 1.24. The number of alkyl halides is 4. The van der Waals surface area contributed by atoms with Crippen molar-refractivity contribution in [1.82, 2.24) is 43.8 Å². The van der Waals surface area contributed by atoms with Crippen LogP contribution in [0.3, 0.4) is 0 Å². The van der Waals surface area contributed by atoms with Crippen LogP contribution in [0.1, 0.15) is 18.3 Å². The predicted octanol–water partition coefficient (Wildman–Crippen LogP) is 0.200. The number of aromatic nitrogens is 8. The van der Waals surface area contributed by atoms with Crippen LogP contribution in [0.25, 0.3) is 22.3 Å². The summed E-state index contributed by atoms with van der Waals surface area (Å²) >= 11 is 5.12. The summed E-state index contributed by atoms with van der Waals surface area (Å²) in [4.78, 5) is 46.1. The molecule has 3 aliphatic rings. The van der Waals surface area contributed by atoms with E-state index >= 15 is 4.39 Å². The molecule has 0 aliphatic carbocycles. The van der Waals surface area contributed by atoms with Gasteiger partial charge in [0, 0.05) is 6.54 Å². The Labute approximate surface area is 276 Å². The Morgan fingerprint density at radius 3 is 2.63 bits per heavy atom. The maximum atomic E-state index is 16.0. The number of nitrogens with zero attached hydrogens (tertiary/aromatic N) is 7. The third kappa shape index (κ3) is 6.84. The summed E-state index contributed by atoms with van der Waals surface area (Å²) in [6.45, 7) is -6.50. The van der Waals surface area contributed by atoms with Gasteiger partial charge in [-0.05, 0) is 18.7 Å². The SMILES string of the molecule is Cc1nc2c(ncn2[C@@H]2O[C@@H]3COP(O)(=S)O[C@H]4[C@@H](F)[C@H](n5cnc6cncnc65)O[C@@H]4CNS(=O)(=O)O[C@@H]2[C@@H]3OCC(F)(F)F)c(=O)[nH]1. The number of halogens is 4. The Kier molecular flexibility index (Phi) is 8.83. The number of H-pyrrole nitrogens is 1. The van der Waals surface area contributed by atoms with Crippen LogP contribution < -0.4 is 10.3 Å². The molecule has 0 saturated carbocycles. The summed E-state index contributed by atoms with van der Waals surface area (Å²) in [5, 5.41) is 0. The van der Waals surface area contributed by atoms with E-state index in [0.717, 1.165) is 10.9 Å². The highest BCUT2D eigenvalue weighted by atomic mass is 32.5. The fourth-order valence-electron chi connectivity index (χ4n) is 5.68. The number of hydrogen-bond acceptors (Lipinski definition) is 15. The van der Waals surface area contributed by atoms with Crippen molar-refractivity contribution in [3.8, 4) is 0 Å². The standard InChI is InChI=1S/C23H24F4N9O10PS2/c1-9-33-19-14(20(37)34-9)31-8-36(19)22-17-16(41-5-23(25,26)27)12(44-22)4-42-47(38,48)45-15-11(3-32-49(39,40)46-17)43-21(13(15)24)35-7-30-10-2-28-6-29-18(10)35/h2,6-8,11-13,15-17,21-22,32H,3-5H2,1H3,(H,38,48)(H,33,34,37)/t11-,12-,13-,15-,16-,17-,21-,22-,47?/m1/s1. The second-order valence-electron chi connectivity index (χ2n) is 11.0. The van der Waals surface area contributed by atoms with Crippen LogP contribution in [0.4, 0.5) is 17.6 Å². The highest BCUT2D eigenvalue weighted by Gasteiger charge is 2.54. The second-order valence-corrected chi connectivity index (χ2v) is 15.2. The number of rotatable bonds is 4. The molecule has 1 unspecified atom stereocenters. The van der Waals surface area contributed by atoms with Crippen molar-refractivity contribution >= 4 is 51.2 Å². The summed E-state index contributed by atoms with van der Waals surface area (Å²) in [6, 6.07) is 0. The number of hydrogen-bond donors (Lipinski definition) is 3. The largest absolute Gasteiger partial charge is 0.411 e. The molecule has 0 aromatic carbocycles. The van der Waals surface area contributed by atoms with E-state index in [0.29, 0.717) is 5.52 Å². The zero-order valence-electron chi connectivity index (χ0n) is 24.6. The zero-order chi connectivity index (χ0) is 34.9. The molecule has 3 fully saturated rings. The van der Waals surface area contributed by atoms with E-state index in [4.69, 9.17) is 39.2 Å². The Bertz CT molecular complexity index is 2100. The van der Waals surface area contributed by atoms with E-state index in [1.165, 1.54) is 30.3 Å². The molecule has 7 heterocycles. The highest BCUT2D eigenvalue weighted by molar-refractivity contribution is 8.07. The molecule has 0 radical (unpaired) electrons. The Morgan fingerprint density at radius 1 is 1.12 bits per heavy atom. The molecule has 2 bridgehead atoms. The van der Waals surface area contributed by atoms with Gasteiger partial charge in [-0.3, -0.25) is 18.5 Å². The molecule has 0 spiro atoms. The molecule has 266 valence electrons. The van der Waals surface area contributed by atoms with Crippen LogP contribution in [-0.2, 0) is 49.6 Å². The normalized spacial score (nSPS) is 34.0. The predicted molar refractivity (Wildman–Crippen MR) is 156 cm³/mol. The Hall–Kier alpha value is -3.10. The van der Waals surface area contributed by atoms with Gasteiger partial charge >= 0.3 is 23.2 Å². The number of aryl methyl sites for hydroxylation is 1. The van der Waals surface area contributed by atoms with Gasteiger partial charge in [0.05, 0.1) is 25.5 Å². The first-order valence-corrected chi connectivity index (χ1v) is 18.1. The second kappa shape index (κ2) is 12.6. The van der Waals surface area contributed by atoms with Crippen LogP contribution in [0.5, 0.6) is 0 Å². The molecule has 3 aliphatic heterocycles. The van der Waals surface area contributed by atoms with Crippen molar-refractivity contribution in [2.45, 2.75) is 62.2 Å². The van der Waals surface area contributed by atoms with Crippen LogP contribution in [0.2, 0.25) is 0 Å². The molecule has 3 saturated heterocycles. The number of fused-ring (bicyclic) bond motifs is 5. The molecule has 19 nitrogen and oxygen atoms in total. The van der Waals surface area contributed by atoms with Crippen molar-refractivity contribution in [3.05, 3.63) is 41.4 Å². The minimum absolute atomic E-state index is 0.126. The molecule has 7 rings (SSSR count). The van der Waals surface area contributed by atoms with Gasteiger partial charge in [0.15, 0.2) is 41.5 Å². The molecule has 4 aromatic heterocycles. The van der Waals surface area contributed by atoms with Gasteiger partial charge in [-0.25, -0.2) is 33.5 Å². The lowest BCUT2D eigenvalue weighted by Gasteiger charge is -2.26. The fourth-order valence-corrected chi connectivity index (χ4v) is 8.05. The minimum Gasteiger partial charge on any atom is -0.363 e. The molecule has 26 heteroatoms. The third-order valence-corrected chi connectivity index (χ3v) is 10.2. The summed E-state index contributed by atoms with van der Waals surface area (Å²) < 4.78 is 120. The monoisotopic (exact) mass is 757 g/mol. The van der Waals surface area contributed by atoms with Crippen molar-refractivity contribution < 1.29 is 58.3 Å². The van der Waals surface area contributed by atoms with E-state index in [-0.39, 0.29) is 22.6 Å². The first-order valence-electron chi connectivity index (χ1n) is 14.1. The summed E-state index contributed by atoms with van der Waals surface area (Å²) in [6.07, 6.45) is -13.9. The van der Waals surface area contributed by atoms with Crippen LogP contribution in [-0.4, -0.2) is 115 Å². The summed E-state index contributed by atoms with van der Waals surface area (Å²) in [5.41, 5.74) is -0.533. The van der Waals surface area contributed by atoms with Crippen molar-refractivity contribution in [3.63, 3.8) is 0 Å². The maximum Gasteiger partial charge on any atom is 0.411 e. The average molecular weight is 758 g/mol. The van der Waals surface area contributed by atoms with Crippen molar-refractivity contribution in [2.75, 3.05) is 19.8 Å². The number of nitrogens with one attached hydrogen (secondary N) is 2. The minimum atomic E-state index is -4.96. The van der Waals surface area contributed by atoms with Gasteiger partial charge in [-0.15, -0.1) is 0 Å². The van der Waals surface area contributed by atoms with Gasteiger partial charge in [0.25, 0.3) is 5.56 Å². The van der Waals surface area contributed by atoms with Crippen LogP contribution >= 0.6 is 6.72 Å². The van der Waals surface area contributed by atoms with Crippen molar-refractivity contribution in [1.29, 1.82) is 0 Å². The number of ether oxygens (including phenoxy) is 3. The summed E-state index contributed by atoms with van der Waals surface area (Å²) in [5.74, 6) is 0.126. The average Bonchev–Trinajstić information content (AvgIpc) is 3.78. The maximum absolute atomic E-state index is 16.0. The molecule has 4 aromatic rings. The van der Waals surface area contributed by atoms with E-state index < -0.39 is 97.7 Å². The lowest BCUT2D eigenvalue weighted by atomic mass is 10.1. The molecular weight excluding hydrogens is 733 g/mol. The molecular formula is C23H24F4N9O10PS2. The highest BCUT2D eigenvalue weighted by Crippen LogP contribution is 2.51. The van der Waals surface area contributed by atoms with E-state index in [2.05, 4.69) is 34.6 Å². The molecule has 0 amide bonds. The van der Waals surface area contributed by atoms with Gasteiger partial charge in [-0.2, -0.15) is 26.3 Å². The quantitative estimate of drug-likeness (QED) is 0.187. The van der Waals surface area contributed by atoms with E-state index in [1.54, 1.807) is 0 Å². The topological polar surface area (TPSA) is 229 Å².